The molecule has 0 spiro atoms. The number of anilines is 2. The Hall–Kier alpha value is -3.70. The first-order valence-electron chi connectivity index (χ1n) is 10.3. The van der Waals surface area contributed by atoms with Crippen molar-refractivity contribution in [2.45, 2.75) is 23.5 Å². The number of hydrogen-bond acceptors (Lipinski definition) is 7. The molecule has 0 aliphatic rings. The highest BCUT2D eigenvalue weighted by molar-refractivity contribution is 7.99. The molecule has 0 saturated heterocycles. The van der Waals surface area contributed by atoms with Gasteiger partial charge in [0.1, 0.15) is 5.82 Å². The molecule has 0 aliphatic carbocycles. The lowest BCUT2D eigenvalue weighted by molar-refractivity contribution is -0.113. The van der Waals surface area contributed by atoms with Crippen LogP contribution in [0, 0.1) is 0 Å². The molecule has 2 N–H and O–H groups in total. The van der Waals surface area contributed by atoms with Crippen LogP contribution in [0.5, 0.6) is 0 Å². The average Bonchev–Trinajstić information content (AvgIpc) is 2.83. The Kier molecular flexibility index (Phi) is 6.94. The number of amides is 1. The summed E-state index contributed by atoms with van der Waals surface area (Å²) in [5.74, 6) is -0.0615. The van der Waals surface area contributed by atoms with Gasteiger partial charge in [0.05, 0.1) is 21.6 Å². The Morgan fingerprint density at radius 1 is 1.03 bits per heavy atom. The maximum Gasteiger partial charge on any atom is 0.263 e. The highest BCUT2D eigenvalue weighted by Gasteiger charge is 2.16. The lowest BCUT2D eigenvalue weighted by atomic mass is 10.2. The number of hydrogen-bond donors (Lipinski definition) is 2. The normalized spacial score (nSPS) is 11.3. The van der Waals surface area contributed by atoms with Crippen molar-refractivity contribution in [3.05, 3.63) is 83.3 Å². The number of rotatable bonds is 8. The lowest BCUT2D eigenvalue weighted by Crippen LogP contribution is -2.23. The second kappa shape index (κ2) is 10.1. The molecule has 2 aromatic heterocycles. The van der Waals surface area contributed by atoms with Gasteiger partial charge < -0.3 is 5.32 Å². The Bertz CT molecular complexity index is 1490. The maximum absolute atomic E-state index is 12.7. The Morgan fingerprint density at radius 2 is 1.76 bits per heavy atom. The van der Waals surface area contributed by atoms with E-state index in [1.54, 1.807) is 36.4 Å². The van der Waals surface area contributed by atoms with Crippen LogP contribution in [-0.4, -0.2) is 34.6 Å². The average molecular weight is 496 g/mol. The smallest absolute Gasteiger partial charge is 0.263 e. The molecule has 0 atom stereocenters. The maximum atomic E-state index is 12.7. The Balaban J connectivity index is 1.42. The third kappa shape index (κ3) is 5.26. The Labute approximate surface area is 200 Å². The molecule has 2 aromatic carbocycles. The van der Waals surface area contributed by atoms with Gasteiger partial charge in [-0.3, -0.25) is 18.9 Å². The van der Waals surface area contributed by atoms with Crippen LogP contribution in [0.25, 0.3) is 10.9 Å². The first-order chi connectivity index (χ1) is 16.4. The van der Waals surface area contributed by atoms with E-state index in [0.717, 1.165) is 11.8 Å². The number of thioether (sulfide) groups is 1. The van der Waals surface area contributed by atoms with Crippen LogP contribution >= 0.6 is 11.8 Å². The predicted molar refractivity (Wildman–Crippen MR) is 133 cm³/mol. The SMILES string of the molecule is CCn1c(SCC(=O)Nc2ccc(S(=O)(=O)Nc3ccccn3)cc2)nc2ccccc2c1=O. The van der Waals surface area contributed by atoms with Gasteiger partial charge in [0.25, 0.3) is 15.6 Å². The number of benzene rings is 2. The van der Waals surface area contributed by atoms with E-state index in [2.05, 4.69) is 20.0 Å². The minimum Gasteiger partial charge on any atom is -0.325 e. The predicted octanol–water partition coefficient (Wildman–Crippen LogP) is 3.34. The summed E-state index contributed by atoms with van der Waals surface area (Å²) in [7, 11) is -3.80. The molecular weight excluding hydrogens is 474 g/mol. The molecule has 2 heterocycles. The molecule has 0 unspecified atom stereocenters. The Morgan fingerprint density at radius 3 is 2.47 bits per heavy atom. The molecule has 34 heavy (non-hydrogen) atoms. The number of para-hydroxylation sites is 1. The number of nitrogens with zero attached hydrogens (tertiary/aromatic N) is 3. The molecule has 0 fully saturated rings. The van der Waals surface area contributed by atoms with Crippen LogP contribution in [0.1, 0.15) is 6.92 Å². The van der Waals surface area contributed by atoms with E-state index in [-0.39, 0.29) is 27.9 Å². The fourth-order valence-electron chi connectivity index (χ4n) is 3.20. The van der Waals surface area contributed by atoms with Gasteiger partial charge in [-0.05, 0) is 55.5 Å². The first kappa shape index (κ1) is 23.5. The second-order valence-corrected chi connectivity index (χ2v) is 9.77. The minimum atomic E-state index is -3.80. The molecule has 0 aliphatic heterocycles. The summed E-state index contributed by atoms with van der Waals surface area (Å²) in [5, 5.41) is 3.72. The van der Waals surface area contributed by atoms with Crippen molar-refractivity contribution in [3.8, 4) is 0 Å². The summed E-state index contributed by atoms with van der Waals surface area (Å²) < 4.78 is 28.9. The topological polar surface area (TPSA) is 123 Å². The zero-order valence-corrected chi connectivity index (χ0v) is 19.8. The highest BCUT2D eigenvalue weighted by Crippen LogP contribution is 2.20. The van der Waals surface area contributed by atoms with E-state index in [1.165, 1.54) is 35.0 Å². The van der Waals surface area contributed by atoms with E-state index < -0.39 is 10.0 Å². The van der Waals surface area contributed by atoms with E-state index >= 15 is 0 Å². The van der Waals surface area contributed by atoms with Crippen LogP contribution in [0.15, 0.2) is 87.8 Å². The van der Waals surface area contributed by atoms with E-state index in [9.17, 15) is 18.0 Å². The van der Waals surface area contributed by atoms with Crippen molar-refractivity contribution in [3.63, 3.8) is 0 Å². The number of pyridine rings is 1. The van der Waals surface area contributed by atoms with Gasteiger partial charge in [-0.15, -0.1) is 0 Å². The van der Waals surface area contributed by atoms with E-state index in [0.29, 0.717) is 28.3 Å². The molecule has 1 amide bonds. The summed E-state index contributed by atoms with van der Waals surface area (Å²) in [6.45, 7) is 2.28. The van der Waals surface area contributed by atoms with Crippen molar-refractivity contribution in [1.82, 2.24) is 14.5 Å². The third-order valence-electron chi connectivity index (χ3n) is 4.83. The van der Waals surface area contributed by atoms with E-state index in [1.807, 2.05) is 13.0 Å². The molecule has 9 nitrogen and oxygen atoms in total. The van der Waals surface area contributed by atoms with Gasteiger partial charge >= 0.3 is 0 Å². The molecule has 0 radical (unpaired) electrons. The van der Waals surface area contributed by atoms with Crippen LogP contribution < -0.4 is 15.6 Å². The van der Waals surface area contributed by atoms with Crippen molar-refractivity contribution in [2.24, 2.45) is 0 Å². The number of carbonyl (C=O) groups excluding carboxylic acids is 1. The molecule has 0 saturated carbocycles. The summed E-state index contributed by atoms with van der Waals surface area (Å²) in [6.07, 6.45) is 1.49. The zero-order chi connectivity index (χ0) is 24.1. The van der Waals surface area contributed by atoms with Crippen LogP contribution in [0.4, 0.5) is 11.5 Å². The standard InChI is InChI=1S/C23H21N5O4S2/c1-2-28-22(30)18-7-3-4-8-19(18)26-23(28)33-15-21(29)25-16-10-12-17(13-11-16)34(31,32)27-20-9-5-6-14-24-20/h3-14H,2,15H2,1H3,(H,24,27)(H,25,29). The zero-order valence-electron chi connectivity index (χ0n) is 18.1. The van der Waals surface area contributed by atoms with Crippen LogP contribution in [-0.2, 0) is 21.4 Å². The van der Waals surface area contributed by atoms with Crippen molar-refractivity contribution in [2.75, 3.05) is 15.8 Å². The molecule has 4 aromatic rings. The molecule has 11 heteroatoms. The van der Waals surface area contributed by atoms with Gasteiger partial charge in [0.2, 0.25) is 5.91 Å². The van der Waals surface area contributed by atoms with E-state index in [4.69, 9.17) is 0 Å². The van der Waals surface area contributed by atoms with Crippen molar-refractivity contribution < 1.29 is 13.2 Å². The van der Waals surface area contributed by atoms with Crippen LogP contribution in [0.2, 0.25) is 0 Å². The van der Waals surface area contributed by atoms with Gasteiger partial charge in [-0.2, -0.15) is 0 Å². The number of nitrogens with one attached hydrogen (secondary N) is 2. The largest absolute Gasteiger partial charge is 0.325 e. The fraction of sp³-hybridized carbons (Fsp3) is 0.130. The van der Waals surface area contributed by atoms with Gasteiger partial charge in [0.15, 0.2) is 5.16 Å². The van der Waals surface area contributed by atoms with Crippen LogP contribution in [0.3, 0.4) is 0 Å². The molecule has 0 bridgehead atoms. The number of carbonyl (C=O) groups is 1. The summed E-state index contributed by atoms with van der Waals surface area (Å²) in [5.41, 5.74) is 0.880. The third-order valence-corrected chi connectivity index (χ3v) is 7.17. The monoisotopic (exact) mass is 495 g/mol. The van der Waals surface area contributed by atoms with Gasteiger partial charge in [-0.25, -0.2) is 18.4 Å². The quantitative estimate of drug-likeness (QED) is 0.284. The summed E-state index contributed by atoms with van der Waals surface area (Å²) in [6, 6.07) is 17.8. The summed E-state index contributed by atoms with van der Waals surface area (Å²) in [4.78, 5) is 33.7. The lowest BCUT2D eigenvalue weighted by Gasteiger charge is -2.11. The van der Waals surface area contributed by atoms with Gasteiger partial charge in [0, 0.05) is 18.4 Å². The molecule has 4 rings (SSSR count). The second-order valence-electron chi connectivity index (χ2n) is 7.14. The van der Waals surface area contributed by atoms with Crippen molar-refractivity contribution >= 4 is 50.1 Å². The fourth-order valence-corrected chi connectivity index (χ4v) is 5.07. The number of fused-ring (bicyclic) bond motifs is 1. The number of aromatic nitrogens is 3. The van der Waals surface area contributed by atoms with Crippen molar-refractivity contribution in [1.29, 1.82) is 0 Å². The number of sulfonamides is 1. The first-order valence-corrected chi connectivity index (χ1v) is 12.8. The molecule has 174 valence electrons. The molecular formula is C23H21N5O4S2. The highest BCUT2D eigenvalue weighted by atomic mass is 32.2. The summed E-state index contributed by atoms with van der Waals surface area (Å²) >= 11 is 1.16. The van der Waals surface area contributed by atoms with Gasteiger partial charge in [-0.1, -0.05) is 30.0 Å². The minimum absolute atomic E-state index is 0.0338.